The fraction of sp³-hybridized carbons (Fsp3) is 0.727. The third kappa shape index (κ3) is 3.83. The zero-order chi connectivity index (χ0) is 13.1. The average Bonchev–Trinajstić information content (AvgIpc) is 2.34. The molecule has 0 atom stereocenters. The van der Waals surface area contributed by atoms with E-state index in [4.69, 9.17) is 19.2 Å². The van der Waals surface area contributed by atoms with Crippen molar-refractivity contribution in [2.45, 2.75) is 38.9 Å². The largest absolute Gasteiger partial charge is 0.486 e. The lowest BCUT2D eigenvalue weighted by atomic mass is 9.90. The minimum absolute atomic E-state index is 0.233. The molecule has 0 aromatic heterocycles. The van der Waals surface area contributed by atoms with Crippen LogP contribution in [0.25, 0.3) is 0 Å². The predicted molar refractivity (Wildman–Crippen MR) is 63.7 cm³/mol. The van der Waals surface area contributed by atoms with Crippen LogP contribution in [0.4, 0.5) is 0 Å². The van der Waals surface area contributed by atoms with Gasteiger partial charge in [-0.15, -0.1) is 0 Å². The SMILES string of the molecule is CC1(C)OB(/C=C/COCC(=O)O)OC1(C)C. The highest BCUT2D eigenvalue weighted by Gasteiger charge is 2.49. The summed E-state index contributed by atoms with van der Waals surface area (Å²) in [7, 11) is -0.409. The highest BCUT2D eigenvalue weighted by atomic mass is 16.7. The first kappa shape index (κ1) is 14.2. The van der Waals surface area contributed by atoms with E-state index in [1.165, 1.54) is 0 Å². The van der Waals surface area contributed by atoms with Crippen molar-refractivity contribution in [3.8, 4) is 0 Å². The number of carbonyl (C=O) groups is 1. The Balaban J connectivity index is 2.35. The summed E-state index contributed by atoms with van der Waals surface area (Å²) < 4.78 is 16.3. The summed E-state index contributed by atoms with van der Waals surface area (Å²) in [6, 6.07) is 0. The van der Waals surface area contributed by atoms with Gasteiger partial charge in [0.1, 0.15) is 6.61 Å². The predicted octanol–water partition coefficient (Wildman–Crippen LogP) is 1.28. The summed E-state index contributed by atoms with van der Waals surface area (Å²) in [4.78, 5) is 10.2. The van der Waals surface area contributed by atoms with E-state index >= 15 is 0 Å². The van der Waals surface area contributed by atoms with Gasteiger partial charge >= 0.3 is 13.1 Å². The lowest BCUT2D eigenvalue weighted by Crippen LogP contribution is -2.41. The molecule has 0 bridgehead atoms. The number of hydrogen-bond donors (Lipinski definition) is 1. The molecule has 0 aromatic carbocycles. The molecular formula is C11H19BO5. The second-order valence-electron chi connectivity index (χ2n) is 4.96. The van der Waals surface area contributed by atoms with E-state index in [0.717, 1.165) is 0 Å². The number of carboxylic acids is 1. The van der Waals surface area contributed by atoms with Gasteiger partial charge in [0.2, 0.25) is 0 Å². The van der Waals surface area contributed by atoms with E-state index in [2.05, 4.69) is 0 Å². The maximum atomic E-state index is 10.2. The van der Waals surface area contributed by atoms with Crippen molar-refractivity contribution in [2.75, 3.05) is 13.2 Å². The molecule has 1 heterocycles. The Hall–Kier alpha value is -0.845. The Morgan fingerprint density at radius 2 is 1.82 bits per heavy atom. The smallest absolute Gasteiger partial charge is 0.480 e. The fourth-order valence-corrected chi connectivity index (χ4v) is 1.35. The van der Waals surface area contributed by atoms with Crippen LogP contribution in [0, 0.1) is 0 Å². The summed E-state index contributed by atoms with van der Waals surface area (Å²) in [6.07, 6.45) is 1.70. The molecule has 1 aliphatic heterocycles. The Morgan fingerprint density at radius 1 is 1.29 bits per heavy atom. The highest BCUT2D eigenvalue weighted by Crippen LogP contribution is 2.36. The molecule has 1 saturated heterocycles. The summed E-state index contributed by atoms with van der Waals surface area (Å²) in [5, 5.41) is 8.36. The van der Waals surface area contributed by atoms with Crippen LogP contribution >= 0.6 is 0 Å². The number of aliphatic carboxylic acids is 1. The Morgan fingerprint density at radius 3 is 2.29 bits per heavy atom. The van der Waals surface area contributed by atoms with Crippen molar-refractivity contribution >= 4 is 13.1 Å². The van der Waals surface area contributed by atoms with Gasteiger partial charge in [0.15, 0.2) is 0 Å². The van der Waals surface area contributed by atoms with E-state index in [-0.39, 0.29) is 24.4 Å². The van der Waals surface area contributed by atoms with E-state index in [1.54, 1.807) is 12.1 Å². The van der Waals surface area contributed by atoms with Gasteiger partial charge in [-0.05, 0) is 27.7 Å². The van der Waals surface area contributed by atoms with Crippen LogP contribution in [0.1, 0.15) is 27.7 Å². The molecule has 1 rings (SSSR count). The maximum absolute atomic E-state index is 10.2. The standard InChI is InChI=1S/C11H19BO5/c1-10(2)11(3,4)17-12(16-10)6-5-7-15-8-9(13)14/h5-6H,7-8H2,1-4H3,(H,13,14)/b6-5+. The first-order valence-electron chi connectivity index (χ1n) is 5.56. The molecule has 0 unspecified atom stereocenters. The first-order chi connectivity index (χ1) is 7.74. The summed E-state index contributed by atoms with van der Waals surface area (Å²) in [5.41, 5.74) is -0.714. The number of carboxylic acid groups (broad SMARTS) is 1. The van der Waals surface area contributed by atoms with Gasteiger partial charge in [0.05, 0.1) is 17.8 Å². The fourth-order valence-electron chi connectivity index (χ4n) is 1.35. The third-order valence-corrected chi connectivity index (χ3v) is 3.00. The molecule has 0 amide bonds. The second-order valence-corrected chi connectivity index (χ2v) is 4.96. The topological polar surface area (TPSA) is 65.0 Å². The van der Waals surface area contributed by atoms with Crippen LogP contribution in [-0.2, 0) is 18.8 Å². The number of hydrogen-bond acceptors (Lipinski definition) is 4. The first-order valence-corrected chi connectivity index (χ1v) is 5.56. The van der Waals surface area contributed by atoms with Gasteiger partial charge in [-0.1, -0.05) is 12.1 Å². The van der Waals surface area contributed by atoms with Gasteiger partial charge in [0, 0.05) is 0 Å². The Bertz CT molecular complexity index is 295. The molecule has 0 aromatic rings. The van der Waals surface area contributed by atoms with Crippen molar-refractivity contribution in [1.29, 1.82) is 0 Å². The molecule has 17 heavy (non-hydrogen) atoms. The molecule has 1 fully saturated rings. The Kier molecular flexibility index (Phi) is 4.35. The molecule has 1 N–H and O–H groups in total. The van der Waals surface area contributed by atoms with Crippen LogP contribution in [0.15, 0.2) is 12.1 Å². The van der Waals surface area contributed by atoms with Crippen LogP contribution < -0.4 is 0 Å². The average molecular weight is 242 g/mol. The van der Waals surface area contributed by atoms with Crippen LogP contribution in [-0.4, -0.2) is 42.6 Å². The van der Waals surface area contributed by atoms with Crippen molar-refractivity contribution < 1.29 is 23.9 Å². The normalized spacial score (nSPS) is 22.2. The van der Waals surface area contributed by atoms with Gasteiger partial charge in [-0.3, -0.25) is 0 Å². The monoisotopic (exact) mass is 242 g/mol. The van der Waals surface area contributed by atoms with Crippen molar-refractivity contribution in [3.63, 3.8) is 0 Å². The lowest BCUT2D eigenvalue weighted by Gasteiger charge is -2.32. The molecule has 96 valence electrons. The quantitative estimate of drug-likeness (QED) is 0.581. The molecule has 1 aliphatic rings. The van der Waals surface area contributed by atoms with Crippen LogP contribution in [0.5, 0.6) is 0 Å². The molecular weight excluding hydrogens is 223 g/mol. The molecule has 0 radical (unpaired) electrons. The van der Waals surface area contributed by atoms with Crippen molar-refractivity contribution in [2.24, 2.45) is 0 Å². The molecule has 0 saturated carbocycles. The van der Waals surface area contributed by atoms with E-state index in [9.17, 15) is 4.79 Å². The summed E-state index contributed by atoms with van der Waals surface area (Å²) in [6.45, 7) is 7.83. The van der Waals surface area contributed by atoms with Crippen molar-refractivity contribution in [1.82, 2.24) is 0 Å². The summed E-state index contributed by atoms with van der Waals surface area (Å²) in [5.74, 6) is 0.757. The van der Waals surface area contributed by atoms with Crippen molar-refractivity contribution in [3.05, 3.63) is 12.1 Å². The van der Waals surface area contributed by atoms with E-state index < -0.39 is 13.1 Å². The number of ether oxygens (including phenoxy) is 1. The zero-order valence-corrected chi connectivity index (χ0v) is 10.7. The summed E-state index contributed by atoms with van der Waals surface area (Å²) >= 11 is 0. The second kappa shape index (κ2) is 5.20. The molecule has 5 nitrogen and oxygen atoms in total. The van der Waals surface area contributed by atoms with Gasteiger partial charge in [-0.25, -0.2) is 4.79 Å². The maximum Gasteiger partial charge on any atom is 0.486 e. The third-order valence-electron chi connectivity index (χ3n) is 3.00. The minimum Gasteiger partial charge on any atom is -0.480 e. The highest BCUT2D eigenvalue weighted by molar-refractivity contribution is 6.51. The van der Waals surface area contributed by atoms with Gasteiger partial charge in [-0.2, -0.15) is 0 Å². The minimum atomic E-state index is -0.978. The molecule has 6 heteroatoms. The molecule has 0 aliphatic carbocycles. The van der Waals surface area contributed by atoms with Crippen LogP contribution in [0.2, 0.25) is 0 Å². The Labute approximate surface area is 102 Å². The molecule has 0 spiro atoms. The number of rotatable bonds is 5. The van der Waals surface area contributed by atoms with Gasteiger partial charge in [0.25, 0.3) is 0 Å². The van der Waals surface area contributed by atoms with E-state index in [0.29, 0.717) is 0 Å². The van der Waals surface area contributed by atoms with Crippen LogP contribution in [0.3, 0.4) is 0 Å². The van der Waals surface area contributed by atoms with E-state index in [1.807, 2.05) is 27.7 Å². The zero-order valence-electron chi connectivity index (χ0n) is 10.7. The van der Waals surface area contributed by atoms with Gasteiger partial charge < -0.3 is 19.2 Å². The lowest BCUT2D eigenvalue weighted by molar-refractivity contribution is -0.141.